The average Bonchev–Trinajstić information content (AvgIpc) is 3.40. The molecule has 456 valence electrons. The summed E-state index contributed by atoms with van der Waals surface area (Å²) in [5.74, 6) is -0.543. The highest BCUT2D eigenvalue weighted by atomic mass is 31.2. The second-order valence-electron chi connectivity index (χ2n) is 23.6. The van der Waals surface area contributed by atoms with Crippen molar-refractivity contribution in [3.63, 3.8) is 0 Å². The van der Waals surface area contributed by atoms with Crippen molar-refractivity contribution < 1.29 is 37.3 Å². The van der Waals surface area contributed by atoms with Crippen molar-refractivity contribution in [3.8, 4) is 0 Å². The maximum atomic E-state index is 13.6. The van der Waals surface area contributed by atoms with Gasteiger partial charge in [-0.05, 0) is 96.0 Å². The molecule has 9 nitrogen and oxygen atoms in total. The predicted molar refractivity (Wildman–Crippen MR) is 335 cm³/mol. The largest absolute Gasteiger partial charge is 0.756 e. The minimum Gasteiger partial charge on any atom is -0.756 e. The molecule has 10 heteroatoms. The van der Waals surface area contributed by atoms with Gasteiger partial charge in [-0.25, -0.2) is 0 Å². The number of rotatable bonds is 60. The first-order chi connectivity index (χ1) is 37.9. The van der Waals surface area contributed by atoms with Crippen LogP contribution in [0.1, 0.15) is 310 Å². The predicted octanol–water partition coefficient (Wildman–Crippen LogP) is 20.0. The van der Waals surface area contributed by atoms with Gasteiger partial charge in [-0.2, -0.15) is 0 Å². The summed E-state index contributed by atoms with van der Waals surface area (Å²) in [7, 11) is 1.18. The summed E-state index contributed by atoms with van der Waals surface area (Å²) in [5.41, 5.74) is 0. The van der Waals surface area contributed by atoms with Gasteiger partial charge in [-0.3, -0.25) is 14.2 Å². The van der Waals surface area contributed by atoms with Crippen LogP contribution in [0.2, 0.25) is 0 Å². The quantitative estimate of drug-likeness (QED) is 0.0212. The zero-order chi connectivity index (χ0) is 57.2. The van der Waals surface area contributed by atoms with E-state index in [1.807, 2.05) is 33.3 Å². The Labute approximate surface area is 483 Å². The molecule has 0 bridgehead atoms. The number of quaternary nitrogens is 1. The van der Waals surface area contributed by atoms with E-state index < -0.39 is 26.6 Å². The molecule has 3 unspecified atom stereocenters. The monoisotopic (exact) mass is 1110 g/mol. The number of allylic oxidation sites excluding steroid dienone is 9. The number of nitrogens with zero attached hydrogens (tertiary/aromatic N) is 1. The van der Waals surface area contributed by atoms with Gasteiger partial charge >= 0.3 is 5.97 Å². The van der Waals surface area contributed by atoms with Crippen LogP contribution in [-0.2, 0) is 27.9 Å². The number of unbranched alkanes of at least 4 members (excludes halogenated alkanes) is 36. The number of hydrogen-bond donors (Lipinski definition) is 1. The van der Waals surface area contributed by atoms with Gasteiger partial charge < -0.3 is 28.5 Å². The maximum absolute atomic E-state index is 13.6. The lowest BCUT2D eigenvalue weighted by molar-refractivity contribution is -0.870. The molecule has 0 aromatic rings. The van der Waals surface area contributed by atoms with Crippen molar-refractivity contribution in [2.24, 2.45) is 0 Å². The fourth-order valence-electron chi connectivity index (χ4n) is 9.52. The van der Waals surface area contributed by atoms with Crippen molar-refractivity contribution in [2.45, 2.75) is 322 Å². The lowest BCUT2D eigenvalue weighted by atomic mass is 10.0. The Morgan fingerprint density at radius 1 is 0.449 bits per heavy atom. The van der Waals surface area contributed by atoms with Gasteiger partial charge in [0.15, 0.2) is 0 Å². The SMILES string of the molecule is CCCCC/C=C\C/C=C\CCCCCCCCCCCCCCCC(=O)NC(COP(=O)([O-])OCC[N+](C)(C)C)C(/C=C\CCCCCCCCCCCC)OC(=O)CCCCCCCCC/C=C\C/C=C\CCCCC. The molecule has 0 saturated carbocycles. The number of likely N-dealkylation sites (N-methyl/N-ethyl adjacent to an activating group) is 1. The highest BCUT2D eigenvalue weighted by Crippen LogP contribution is 2.38. The Kier molecular flexibility index (Phi) is 56.2. The van der Waals surface area contributed by atoms with Crippen LogP contribution in [0.3, 0.4) is 0 Å². The van der Waals surface area contributed by atoms with Crippen LogP contribution in [0.4, 0.5) is 0 Å². The fraction of sp³-hybridized carbons (Fsp3) is 0.824. The summed E-state index contributed by atoms with van der Waals surface area (Å²) < 4.78 is 30.4. The van der Waals surface area contributed by atoms with Crippen molar-refractivity contribution in [2.75, 3.05) is 40.9 Å². The van der Waals surface area contributed by atoms with Crippen molar-refractivity contribution in [1.29, 1.82) is 0 Å². The van der Waals surface area contributed by atoms with Crippen LogP contribution in [-0.4, -0.2) is 69.4 Å². The van der Waals surface area contributed by atoms with Crippen LogP contribution in [0.25, 0.3) is 0 Å². The Morgan fingerprint density at radius 2 is 0.782 bits per heavy atom. The Hall–Kier alpha value is -2.29. The summed E-state index contributed by atoms with van der Waals surface area (Å²) in [6, 6.07) is -0.893. The highest BCUT2D eigenvalue weighted by molar-refractivity contribution is 7.45. The zero-order valence-electron chi connectivity index (χ0n) is 52.1. The van der Waals surface area contributed by atoms with E-state index in [9.17, 15) is 19.0 Å². The second kappa shape index (κ2) is 57.9. The Morgan fingerprint density at radius 3 is 1.18 bits per heavy atom. The third-order valence-corrected chi connectivity index (χ3v) is 15.6. The normalized spacial score (nSPS) is 14.0. The maximum Gasteiger partial charge on any atom is 0.306 e. The van der Waals surface area contributed by atoms with Crippen LogP contribution in [0.15, 0.2) is 60.8 Å². The van der Waals surface area contributed by atoms with Gasteiger partial charge in [0.05, 0.1) is 33.8 Å². The van der Waals surface area contributed by atoms with Gasteiger partial charge in [0.25, 0.3) is 7.82 Å². The van der Waals surface area contributed by atoms with Gasteiger partial charge in [-0.1, -0.05) is 262 Å². The van der Waals surface area contributed by atoms with Crippen molar-refractivity contribution >= 4 is 19.7 Å². The van der Waals surface area contributed by atoms with E-state index in [2.05, 4.69) is 74.7 Å². The average molecular weight is 1120 g/mol. The molecule has 0 aromatic carbocycles. The molecule has 1 N–H and O–H groups in total. The van der Waals surface area contributed by atoms with Crippen LogP contribution in [0, 0.1) is 0 Å². The summed E-state index contributed by atoms with van der Waals surface area (Å²) in [6.07, 6.45) is 73.3. The summed E-state index contributed by atoms with van der Waals surface area (Å²) >= 11 is 0. The molecule has 0 rings (SSSR count). The first-order valence-corrected chi connectivity index (χ1v) is 34.6. The van der Waals surface area contributed by atoms with E-state index >= 15 is 0 Å². The van der Waals surface area contributed by atoms with Crippen molar-refractivity contribution in [3.05, 3.63) is 60.8 Å². The zero-order valence-corrected chi connectivity index (χ0v) is 53.0. The standard InChI is InChI=1S/C68H127N2O7P/c1-7-10-13-16-19-22-25-28-30-32-33-34-35-36-37-39-40-42-45-48-51-54-57-60-67(71)69-65(64-76-78(73,74)75-63-62-70(4,5)6)66(59-56-53-50-47-44-27-24-21-18-15-12-9-3)77-68(72)61-58-55-52-49-46-43-41-38-31-29-26-23-20-17-14-11-8-2/h19-20,22-23,28-31,56,59,65-66H,7-18,21,24-27,32-55,57-58,60-64H2,1-6H3,(H-,69,71,73,74)/b22-19-,23-20-,30-28-,31-29-,59-56-. The van der Waals surface area contributed by atoms with Crippen LogP contribution < -0.4 is 10.2 Å². The molecule has 0 aliphatic rings. The molecule has 0 fully saturated rings. The molecule has 3 atom stereocenters. The highest BCUT2D eigenvalue weighted by Gasteiger charge is 2.27. The smallest absolute Gasteiger partial charge is 0.306 e. The van der Waals surface area contributed by atoms with E-state index in [0.29, 0.717) is 17.4 Å². The van der Waals surface area contributed by atoms with Crippen LogP contribution >= 0.6 is 7.82 Å². The third-order valence-electron chi connectivity index (χ3n) is 14.7. The number of carbonyl (C=O) groups excluding carboxylic acids is 2. The molecule has 0 heterocycles. The van der Waals surface area contributed by atoms with Crippen molar-refractivity contribution in [1.82, 2.24) is 5.32 Å². The molecular formula is C68H127N2O7P. The first-order valence-electron chi connectivity index (χ1n) is 33.1. The van der Waals surface area contributed by atoms with Gasteiger partial charge in [0.1, 0.15) is 19.3 Å². The molecule has 0 aromatic heterocycles. The van der Waals surface area contributed by atoms with E-state index in [1.54, 1.807) is 0 Å². The van der Waals surface area contributed by atoms with Gasteiger partial charge in [0, 0.05) is 12.8 Å². The van der Waals surface area contributed by atoms with Gasteiger partial charge in [-0.15, -0.1) is 0 Å². The second-order valence-corrected chi connectivity index (χ2v) is 25.0. The molecule has 0 aliphatic carbocycles. The number of phosphoric ester groups is 1. The Bertz CT molecular complexity index is 1520. The molecule has 0 radical (unpaired) electrons. The van der Waals surface area contributed by atoms with E-state index in [-0.39, 0.29) is 24.9 Å². The van der Waals surface area contributed by atoms with Gasteiger partial charge in [0.2, 0.25) is 5.91 Å². The first kappa shape index (κ1) is 75.7. The topological polar surface area (TPSA) is 114 Å². The molecule has 78 heavy (non-hydrogen) atoms. The molecule has 0 aliphatic heterocycles. The number of nitrogens with one attached hydrogen (secondary N) is 1. The van der Waals surface area contributed by atoms with E-state index in [1.165, 1.54) is 193 Å². The molecule has 0 saturated heterocycles. The van der Waals surface area contributed by atoms with E-state index in [4.69, 9.17) is 13.8 Å². The number of phosphoric acid groups is 1. The lowest BCUT2D eigenvalue weighted by Crippen LogP contribution is -2.47. The minimum atomic E-state index is -4.70. The number of ether oxygens (including phenoxy) is 1. The number of esters is 1. The third kappa shape index (κ3) is 58.4. The summed E-state index contributed by atoms with van der Waals surface area (Å²) in [4.78, 5) is 40.1. The molecule has 1 amide bonds. The fourth-order valence-corrected chi connectivity index (χ4v) is 10.2. The number of carbonyl (C=O) groups is 2. The summed E-state index contributed by atoms with van der Waals surface area (Å²) in [6.45, 7) is 6.81. The van der Waals surface area contributed by atoms with E-state index in [0.717, 1.165) is 83.5 Å². The lowest BCUT2D eigenvalue weighted by Gasteiger charge is -2.30. The number of amides is 1. The minimum absolute atomic E-state index is 0.0241. The van der Waals surface area contributed by atoms with Crippen LogP contribution in [0.5, 0.6) is 0 Å². The molecular weight excluding hydrogens is 988 g/mol. The molecule has 0 spiro atoms. The summed E-state index contributed by atoms with van der Waals surface area (Å²) in [5, 5.41) is 3.04. The number of hydrogen-bond acceptors (Lipinski definition) is 7. The Balaban J connectivity index is 5.14.